The lowest BCUT2D eigenvalue weighted by molar-refractivity contribution is 0.00399. The van der Waals surface area contributed by atoms with Crippen LogP contribution in [0.2, 0.25) is 0 Å². The highest BCUT2D eigenvalue weighted by Gasteiger charge is 2.31. The minimum Gasteiger partial charge on any atom is -0.444 e. The summed E-state index contributed by atoms with van der Waals surface area (Å²) in [5, 5.41) is 0. The van der Waals surface area contributed by atoms with E-state index in [0.717, 1.165) is 32.5 Å². The van der Waals surface area contributed by atoms with E-state index in [0.29, 0.717) is 25.7 Å². The number of nitrogens with zero attached hydrogens (tertiary/aromatic N) is 2. The van der Waals surface area contributed by atoms with Gasteiger partial charge in [-0.3, -0.25) is 4.90 Å². The Kier molecular flexibility index (Phi) is 6.68. The first-order chi connectivity index (χ1) is 10.9. The zero-order chi connectivity index (χ0) is 16.9. The number of nitrogens with two attached hydrogens (primary N) is 1. The highest BCUT2D eigenvalue weighted by Crippen LogP contribution is 2.19. The van der Waals surface area contributed by atoms with Crippen LogP contribution < -0.4 is 5.73 Å². The molecule has 2 saturated heterocycles. The highest BCUT2D eigenvalue weighted by atomic mass is 16.6. The molecule has 2 heterocycles. The van der Waals surface area contributed by atoms with Crippen LogP contribution in [-0.4, -0.2) is 73.0 Å². The molecule has 23 heavy (non-hydrogen) atoms. The van der Waals surface area contributed by atoms with Crippen LogP contribution in [-0.2, 0) is 9.47 Å². The number of rotatable bonds is 5. The zero-order valence-corrected chi connectivity index (χ0v) is 14.9. The molecule has 2 aliphatic heterocycles. The molecule has 2 aliphatic rings. The van der Waals surface area contributed by atoms with Gasteiger partial charge in [-0.2, -0.15) is 0 Å². The van der Waals surface area contributed by atoms with E-state index in [-0.39, 0.29) is 12.1 Å². The lowest BCUT2D eigenvalue weighted by Crippen LogP contribution is -2.58. The Morgan fingerprint density at radius 1 is 1.35 bits per heavy atom. The molecule has 0 aromatic heterocycles. The molecule has 0 aromatic rings. The second-order valence-corrected chi connectivity index (χ2v) is 7.63. The van der Waals surface area contributed by atoms with Crippen molar-refractivity contribution in [3.8, 4) is 0 Å². The van der Waals surface area contributed by atoms with Crippen molar-refractivity contribution in [2.45, 2.75) is 64.2 Å². The third-order valence-electron chi connectivity index (χ3n) is 4.52. The number of carbonyl (C=O) groups excluding carboxylic acids is 1. The molecule has 2 N–H and O–H groups in total. The normalized spacial score (nSPS) is 26.5. The predicted octanol–water partition coefficient (Wildman–Crippen LogP) is 1.83. The molecule has 0 aliphatic carbocycles. The van der Waals surface area contributed by atoms with Crippen molar-refractivity contribution >= 4 is 6.09 Å². The van der Waals surface area contributed by atoms with Gasteiger partial charge in [-0.1, -0.05) is 0 Å². The minimum atomic E-state index is -0.451. The molecule has 134 valence electrons. The lowest BCUT2D eigenvalue weighted by Gasteiger charge is -2.41. The van der Waals surface area contributed by atoms with E-state index in [2.05, 4.69) is 4.90 Å². The Morgan fingerprint density at radius 3 is 2.74 bits per heavy atom. The lowest BCUT2D eigenvalue weighted by atomic mass is 10.1. The quantitative estimate of drug-likeness (QED) is 0.834. The molecule has 0 aromatic carbocycles. The van der Waals surface area contributed by atoms with Crippen molar-refractivity contribution < 1.29 is 14.3 Å². The van der Waals surface area contributed by atoms with Crippen LogP contribution in [0.4, 0.5) is 4.79 Å². The first-order valence-corrected chi connectivity index (χ1v) is 8.92. The first kappa shape index (κ1) is 18.5. The maximum Gasteiger partial charge on any atom is 0.410 e. The second kappa shape index (κ2) is 8.31. The molecular formula is C17H33N3O3. The van der Waals surface area contributed by atoms with Gasteiger partial charge in [0.2, 0.25) is 0 Å². The SMILES string of the molecule is CC(C)(C)OC(=O)N1CCN(CCCC2CCCO2)C(CN)C1. The molecule has 0 saturated carbocycles. The largest absolute Gasteiger partial charge is 0.444 e. The number of amides is 1. The Balaban J connectivity index is 1.75. The summed E-state index contributed by atoms with van der Waals surface area (Å²) in [6, 6.07) is 0.223. The summed E-state index contributed by atoms with van der Waals surface area (Å²) in [6.07, 6.45) is 4.89. The van der Waals surface area contributed by atoms with Gasteiger partial charge in [0, 0.05) is 38.8 Å². The van der Waals surface area contributed by atoms with Crippen LogP contribution in [0.15, 0.2) is 0 Å². The number of hydrogen-bond donors (Lipinski definition) is 1. The van der Waals surface area contributed by atoms with E-state index < -0.39 is 5.60 Å². The monoisotopic (exact) mass is 327 g/mol. The van der Waals surface area contributed by atoms with Crippen LogP contribution in [0.3, 0.4) is 0 Å². The predicted molar refractivity (Wildman–Crippen MR) is 90.4 cm³/mol. The van der Waals surface area contributed by atoms with Gasteiger partial charge in [0.1, 0.15) is 5.60 Å². The Labute approximate surface area is 140 Å². The molecule has 6 nitrogen and oxygen atoms in total. The molecule has 2 atom stereocenters. The maximum atomic E-state index is 12.2. The Bertz CT molecular complexity index is 378. The highest BCUT2D eigenvalue weighted by molar-refractivity contribution is 5.68. The van der Waals surface area contributed by atoms with Gasteiger partial charge in [-0.05, 0) is 53.0 Å². The molecule has 6 heteroatoms. The molecule has 0 bridgehead atoms. The van der Waals surface area contributed by atoms with E-state index in [1.807, 2.05) is 20.8 Å². The van der Waals surface area contributed by atoms with E-state index in [4.69, 9.17) is 15.2 Å². The maximum absolute atomic E-state index is 12.2. The summed E-state index contributed by atoms with van der Waals surface area (Å²) < 4.78 is 11.1. The van der Waals surface area contributed by atoms with Crippen LogP contribution in [0.25, 0.3) is 0 Å². The fourth-order valence-electron chi connectivity index (χ4n) is 3.30. The number of hydrogen-bond acceptors (Lipinski definition) is 5. The third kappa shape index (κ3) is 5.94. The summed E-state index contributed by atoms with van der Waals surface area (Å²) in [4.78, 5) is 16.4. The van der Waals surface area contributed by atoms with Gasteiger partial charge >= 0.3 is 6.09 Å². The van der Waals surface area contributed by atoms with E-state index in [1.54, 1.807) is 4.90 Å². The molecule has 2 rings (SSSR count). The number of ether oxygens (including phenoxy) is 2. The molecule has 0 spiro atoms. The molecule has 2 unspecified atom stereocenters. The van der Waals surface area contributed by atoms with Crippen molar-refractivity contribution in [1.82, 2.24) is 9.80 Å². The fraction of sp³-hybridized carbons (Fsp3) is 0.941. The summed E-state index contributed by atoms with van der Waals surface area (Å²) in [5.74, 6) is 0. The van der Waals surface area contributed by atoms with Crippen molar-refractivity contribution in [3.63, 3.8) is 0 Å². The first-order valence-electron chi connectivity index (χ1n) is 8.92. The molecular weight excluding hydrogens is 294 g/mol. The third-order valence-corrected chi connectivity index (χ3v) is 4.52. The van der Waals surface area contributed by atoms with Crippen LogP contribution in [0.5, 0.6) is 0 Å². The minimum absolute atomic E-state index is 0.223. The van der Waals surface area contributed by atoms with E-state index in [1.165, 1.54) is 12.8 Å². The van der Waals surface area contributed by atoms with Gasteiger partial charge in [0.15, 0.2) is 0 Å². The Morgan fingerprint density at radius 2 is 2.13 bits per heavy atom. The summed E-state index contributed by atoms with van der Waals surface area (Å²) >= 11 is 0. The van der Waals surface area contributed by atoms with Crippen molar-refractivity contribution in [1.29, 1.82) is 0 Å². The van der Waals surface area contributed by atoms with Crippen LogP contribution in [0, 0.1) is 0 Å². The van der Waals surface area contributed by atoms with Gasteiger partial charge in [-0.25, -0.2) is 4.79 Å². The van der Waals surface area contributed by atoms with Gasteiger partial charge in [0.05, 0.1) is 6.10 Å². The van der Waals surface area contributed by atoms with Crippen molar-refractivity contribution in [2.75, 3.05) is 39.3 Å². The van der Waals surface area contributed by atoms with Crippen molar-refractivity contribution in [2.24, 2.45) is 5.73 Å². The zero-order valence-electron chi connectivity index (χ0n) is 14.9. The summed E-state index contributed by atoms with van der Waals surface area (Å²) in [5.41, 5.74) is 5.48. The molecule has 2 fully saturated rings. The van der Waals surface area contributed by atoms with Gasteiger partial charge < -0.3 is 20.1 Å². The van der Waals surface area contributed by atoms with Gasteiger partial charge in [-0.15, -0.1) is 0 Å². The smallest absolute Gasteiger partial charge is 0.410 e. The molecule has 0 radical (unpaired) electrons. The standard InChI is InChI=1S/C17H33N3O3/c1-17(2,3)23-16(21)20-10-9-19(14(12-18)13-20)8-4-6-15-7-5-11-22-15/h14-15H,4-13,18H2,1-3H3. The molecule has 1 amide bonds. The second-order valence-electron chi connectivity index (χ2n) is 7.63. The van der Waals surface area contributed by atoms with E-state index in [9.17, 15) is 4.79 Å². The topological polar surface area (TPSA) is 68.0 Å². The fourth-order valence-corrected chi connectivity index (χ4v) is 3.30. The van der Waals surface area contributed by atoms with Crippen LogP contribution in [0.1, 0.15) is 46.5 Å². The van der Waals surface area contributed by atoms with Crippen molar-refractivity contribution in [3.05, 3.63) is 0 Å². The average Bonchev–Trinajstić information content (AvgIpc) is 2.99. The van der Waals surface area contributed by atoms with Gasteiger partial charge in [0.25, 0.3) is 0 Å². The average molecular weight is 327 g/mol. The number of carbonyl (C=O) groups is 1. The summed E-state index contributed by atoms with van der Waals surface area (Å²) in [6.45, 7) is 10.4. The van der Waals surface area contributed by atoms with Crippen LogP contribution >= 0.6 is 0 Å². The number of piperazine rings is 1. The summed E-state index contributed by atoms with van der Waals surface area (Å²) in [7, 11) is 0. The van der Waals surface area contributed by atoms with E-state index >= 15 is 0 Å². The Hall–Kier alpha value is -0.850.